The topological polar surface area (TPSA) is 26.0 Å². The standard InChI is InChI=1S/C13H14BrNS/c1-9-2-3-11(7-12(9)14)13-6-10(4-5-15)8-16-13/h2-3,6-8H,4-5,15H2,1H3. The molecule has 0 bridgehead atoms. The Morgan fingerprint density at radius 2 is 2.12 bits per heavy atom. The Morgan fingerprint density at radius 1 is 1.31 bits per heavy atom. The molecule has 0 aliphatic carbocycles. The van der Waals surface area contributed by atoms with Crippen molar-refractivity contribution in [1.29, 1.82) is 0 Å². The molecule has 1 heterocycles. The van der Waals surface area contributed by atoms with E-state index in [2.05, 4.69) is 52.5 Å². The van der Waals surface area contributed by atoms with Crippen molar-refractivity contribution in [3.05, 3.63) is 45.2 Å². The van der Waals surface area contributed by atoms with Crippen molar-refractivity contribution >= 4 is 27.3 Å². The zero-order valence-corrected chi connectivity index (χ0v) is 11.6. The molecule has 2 rings (SSSR count). The van der Waals surface area contributed by atoms with Crippen LogP contribution in [0.1, 0.15) is 11.1 Å². The second-order valence-corrected chi connectivity index (χ2v) is 5.59. The number of aryl methyl sites for hydroxylation is 1. The number of nitrogens with two attached hydrogens (primary N) is 1. The molecular weight excluding hydrogens is 282 g/mol. The van der Waals surface area contributed by atoms with Gasteiger partial charge in [0.1, 0.15) is 0 Å². The van der Waals surface area contributed by atoms with Crippen LogP contribution >= 0.6 is 27.3 Å². The van der Waals surface area contributed by atoms with Crippen LogP contribution in [0, 0.1) is 6.92 Å². The van der Waals surface area contributed by atoms with Crippen LogP contribution in [0.5, 0.6) is 0 Å². The highest BCUT2D eigenvalue weighted by Gasteiger charge is 2.04. The SMILES string of the molecule is Cc1ccc(-c2cc(CCN)cs2)cc1Br. The number of rotatable bonds is 3. The summed E-state index contributed by atoms with van der Waals surface area (Å²) in [5, 5.41) is 2.19. The average molecular weight is 296 g/mol. The molecule has 0 amide bonds. The molecule has 16 heavy (non-hydrogen) atoms. The summed E-state index contributed by atoms with van der Waals surface area (Å²) in [5.41, 5.74) is 9.42. The molecule has 2 N–H and O–H groups in total. The molecule has 0 saturated heterocycles. The molecule has 84 valence electrons. The lowest BCUT2D eigenvalue weighted by Crippen LogP contribution is -2.01. The van der Waals surface area contributed by atoms with Gasteiger partial charge in [0.05, 0.1) is 0 Å². The van der Waals surface area contributed by atoms with Gasteiger partial charge in [-0.15, -0.1) is 11.3 Å². The van der Waals surface area contributed by atoms with Crippen LogP contribution in [0.2, 0.25) is 0 Å². The van der Waals surface area contributed by atoms with Crippen LogP contribution in [0.4, 0.5) is 0 Å². The molecule has 0 spiro atoms. The minimum Gasteiger partial charge on any atom is -0.330 e. The van der Waals surface area contributed by atoms with Crippen LogP contribution in [0.15, 0.2) is 34.1 Å². The van der Waals surface area contributed by atoms with Gasteiger partial charge >= 0.3 is 0 Å². The molecule has 0 aliphatic heterocycles. The molecule has 0 radical (unpaired) electrons. The minimum atomic E-state index is 0.716. The summed E-state index contributed by atoms with van der Waals surface area (Å²) < 4.78 is 1.17. The van der Waals surface area contributed by atoms with Gasteiger partial charge in [-0.3, -0.25) is 0 Å². The molecular formula is C13H14BrNS. The summed E-state index contributed by atoms with van der Waals surface area (Å²) in [6, 6.07) is 8.71. The lowest BCUT2D eigenvalue weighted by Gasteiger charge is -2.01. The maximum absolute atomic E-state index is 5.55. The van der Waals surface area contributed by atoms with Crippen LogP contribution in [-0.4, -0.2) is 6.54 Å². The molecule has 0 unspecified atom stereocenters. The molecule has 2 aromatic rings. The van der Waals surface area contributed by atoms with Crippen molar-refractivity contribution in [2.24, 2.45) is 5.73 Å². The van der Waals surface area contributed by atoms with E-state index in [-0.39, 0.29) is 0 Å². The van der Waals surface area contributed by atoms with E-state index in [9.17, 15) is 0 Å². The van der Waals surface area contributed by atoms with Crippen LogP contribution in [0.25, 0.3) is 10.4 Å². The highest BCUT2D eigenvalue weighted by atomic mass is 79.9. The Labute approximate surface area is 108 Å². The monoisotopic (exact) mass is 295 g/mol. The van der Waals surface area contributed by atoms with Gasteiger partial charge in [-0.05, 0) is 54.1 Å². The zero-order chi connectivity index (χ0) is 11.5. The highest BCUT2D eigenvalue weighted by molar-refractivity contribution is 9.10. The van der Waals surface area contributed by atoms with Crippen molar-refractivity contribution in [3.8, 4) is 10.4 Å². The first-order valence-electron chi connectivity index (χ1n) is 5.24. The molecule has 0 atom stereocenters. The number of thiophene rings is 1. The Hall–Kier alpha value is -0.640. The first kappa shape index (κ1) is 11.8. The van der Waals surface area contributed by atoms with Gasteiger partial charge in [-0.25, -0.2) is 0 Å². The normalized spacial score (nSPS) is 10.7. The Morgan fingerprint density at radius 3 is 2.81 bits per heavy atom. The van der Waals surface area contributed by atoms with Crippen molar-refractivity contribution in [2.45, 2.75) is 13.3 Å². The van der Waals surface area contributed by atoms with Gasteiger partial charge in [0.15, 0.2) is 0 Å². The van der Waals surface area contributed by atoms with E-state index in [1.807, 2.05) is 0 Å². The van der Waals surface area contributed by atoms with Gasteiger partial charge in [0, 0.05) is 9.35 Å². The first-order chi connectivity index (χ1) is 7.70. The third kappa shape index (κ3) is 2.54. The molecule has 0 aliphatic rings. The average Bonchev–Trinajstić information content (AvgIpc) is 2.71. The third-order valence-corrected chi connectivity index (χ3v) is 4.43. The maximum Gasteiger partial charge on any atom is 0.0345 e. The number of hydrogen-bond acceptors (Lipinski definition) is 2. The molecule has 0 saturated carbocycles. The maximum atomic E-state index is 5.55. The predicted molar refractivity (Wildman–Crippen MR) is 75.0 cm³/mol. The van der Waals surface area contributed by atoms with Crippen molar-refractivity contribution in [1.82, 2.24) is 0 Å². The molecule has 0 fully saturated rings. The minimum absolute atomic E-state index is 0.716. The van der Waals surface area contributed by atoms with Crippen LogP contribution < -0.4 is 5.73 Å². The second-order valence-electron chi connectivity index (χ2n) is 3.82. The summed E-state index contributed by atoms with van der Waals surface area (Å²) in [6.07, 6.45) is 0.962. The summed E-state index contributed by atoms with van der Waals surface area (Å²) >= 11 is 5.35. The summed E-state index contributed by atoms with van der Waals surface area (Å²) in [7, 11) is 0. The lowest BCUT2D eigenvalue weighted by atomic mass is 10.1. The van der Waals surface area contributed by atoms with E-state index in [4.69, 9.17) is 5.73 Å². The number of benzene rings is 1. The summed E-state index contributed by atoms with van der Waals surface area (Å²) in [4.78, 5) is 1.31. The molecule has 1 aromatic carbocycles. The highest BCUT2D eigenvalue weighted by Crippen LogP contribution is 2.30. The van der Waals surface area contributed by atoms with Gasteiger partial charge in [-0.2, -0.15) is 0 Å². The number of hydrogen-bond donors (Lipinski definition) is 1. The molecule has 1 nitrogen and oxygen atoms in total. The number of halogens is 1. The summed E-state index contributed by atoms with van der Waals surface area (Å²) in [5.74, 6) is 0. The van der Waals surface area contributed by atoms with Gasteiger partial charge in [-0.1, -0.05) is 28.1 Å². The van der Waals surface area contributed by atoms with Crippen molar-refractivity contribution in [2.75, 3.05) is 6.54 Å². The van der Waals surface area contributed by atoms with Crippen molar-refractivity contribution in [3.63, 3.8) is 0 Å². The first-order valence-corrected chi connectivity index (χ1v) is 6.92. The summed E-state index contributed by atoms with van der Waals surface area (Å²) in [6.45, 7) is 2.82. The van der Waals surface area contributed by atoms with Gasteiger partial charge in [0.25, 0.3) is 0 Å². The molecule has 3 heteroatoms. The van der Waals surface area contributed by atoms with Gasteiger partial charge in [0.2, 0.25) is 0 Å². The predicted octanol–water partition coefficient (Wildman–Crippen LogP) is 3.99. The van der Waals surface area contributed by atoms with Crippen LogP contribution in [-0.2, 0) is 6.42 Å². The smallest absolute Gasteiger partial charge is 0.0345 e. The zero-order valence-electron chi connectivity index (χ0n) is 9.16. The fourth-order valence-electron chi connectivity index (χ4n) is 1.57. The van der Waals surface area contributed by atoms with E-state index in [0.29, 0.717) is 6.54 Å². The van der Waals surface area contributed by atoms with E-state index >= 15 is 0 Å². The van der Waals surface area contributed by atoms with E-state index < -0.39 is 0 Å². The Kier molecular flexibility index (Phi) is 3.79. The Bertz CT molecular complexity index is 490. The lowest BCUT2D eigenvalue weighted by molar-refractivity contribution is 0.974. The fraction of sp³-hybridized carbons (Fsp3) is 0.231. The van der Waals surface area contributed by atoms with Gasteiger partial charge < -0.3 is 5.73 Å². The second kappa shape index (κ2) is 5.13. The van der Waals surface area contributed by atoms with Crippen LogP contribution in [0.3, 0.4) is 0 Å². The van der Waals surface area contributed by atoms with E-state index in [0.717, 1.165) is 6.42 Å². The third-order valence-electron chi connectivity index (χ3n) is 2.54. The largest absolute Gasteiger partial charge is 0.330 e. The van der Waals surface area contributed by atoms with Crippen molar-refractivity contribution < 1.29 is 0 Å². The fourth-order valence-corrected chi connectivity index (χ4v) is 2.90. The Balaban J connectivity index is 2.31. The molecule has 1 aromatic heterocycles. The quantitative estimate of drug-likeness (QED) is 0.910. The van der Waals surface area contributed by atoms with E-state index in [1.54, 1.807) is 11.3 Å². The van der Waals surface area contributed by atoms with E-state index in [1.165, 1.54) is 26.0 Å².